The molecule has 0 radical (unpaired) electrons. The molecule has 0 aromatic carbocycles. The molecule has 0 aliphatic carbocycles. The lowest BCUT2D eigenvalue weighted by Crippen LogP contribution is -2.48. The van der Waals surface area contributed by atoms with Gasteiger partial charge in [0.1, 0.15) is 0 Å². The minimum Gasteiger partial charge on any atom is -0.484 e. The van der Waals surface area contributed by atoms with Gasteiger partial charge in [0.2, 0.25) is 10.0 Å². The summed E-state index contributed by atoms with van der Waals surface area (Å²) in [5.41, 5.74) is 5.83. The van der Waals surface area contributed by atoms with Gasteiger partial charge < -0.3 is 15.4 Å². The van der Waals surface area contributed by atoms with Crippen LogP contribution in [0.15, 0.2) is 0 Å². The van der Waals surface area contributed by atoms with Gasteiger partial charge in [-0.2, -0.15) is 8.68 Å². The molecule has 0 saturated carbocycles. The van der Waals surface area contributed by atoms with Crippen molar-refractivity contribution >= 4 is 32.4 Å². The second kappa shape index (κ2) is 5.74. The van der Waals surface area contributed by atoms with Crippen molar-refractivity contribution < 1.29 is 13.2 Å². The highest BCUT2D eigenvalue weighted by molar-refractivity contribution is 7.88. The van der Waals surface area contributed by atoms with Gasteiger partial charge in [-0.15, -0.1) is 0 Å². The third-order valence-corrected chi connectivity index (χ3v) is 5.21. The predicted octanol–water partition coefficient (Wildman–Crippen LogP) is 0.594. The maximum atomic E-state index is 11.5. The number of sulfonamides is 1. The Morgan fingerprint density at radius 1 is 1.30 bits per heavy atom. The average Bonchev–Trinajstić information content (AvgIpc) is 2.70. The van der Waals surface area contributed by atoms with Crippen molar-refractivity contribution in [1.82, 2.24) is 8.68 Å². The standard InChI is InChI=1S/C11H20N4O3S2/c1-8(2)18-9-10(12)13-19-11(9)14-4-6-15(7-5-14)20(3,16)17/h8H,4-7H2,1-3H3,(H2,12,13). The Bertz CT molecular complexity index is 562. The number of ether oxygens (including phenoxy) is 1. The van der Waals surface area contributed by atoms with E-state index in [9.17, 15) is 8.42 Å². The summed E-state index contributed by atoms with van der Waals surface area (Å²) in [7, 11) is -3.12. The van der Waals surface area contributed by atoms with Crippen LogP contribution in [0.5, 0.6) is 5.75 Å². The summed E-state index contributed by atoms with van der Waals surface area (Å²) in [5.74, 6) is 1.00. The largest absolute Gasteiger partial charge is 0.484 e. The van der Waals surface area contributed by atoms with Crippen LogP contribution in [0.1, 0.15) is 13.8 Å². The fraction of sp³-hybridized carbons (Fsp3) is 0.727. The molecule has 0 amide bonds. The smallest absolute Gasteiger partial charge is 0.211 e. The molecule has 0 unspecified atom stereocenters. The van der Waals surface area contributed by atoms with Crippen molar-refractivity contribution in [3.63, 3.8) is 0 Å². The zero-order chi connectivity index (χ0) is 14.9. The van der Waals surface area contributed by atoms with E-state index >= 15 is 0 Å². The number of anilines is 2. The lowest BCUT2D eigenvalue weighted by molar-refractivity contribution is 0.244. The average molecular weight is 320 g/mol. The molecule has 1 aliphatic heterocycles. The van der Waals surface area contributed by atoms with Gasteiger partial charge in [0.25, 0.3) is 0 Å². The molecular weight excluding hydrogens is 300 g/mol. The fourth-order valence-electron chi connectivity index (χ4n) is 2.06. The molecule has 1 aliphatic rings. The Hall–Kier alpha value is -1.06. The lowest BCUT2D eigenvalue weighted by atomic mass is 10.3. The van der Waals surface area contributed by atoms with Crippen molar-refractivity contribution in [2.45, 2.75) is 20.0 Å². The Morgan fingerprint density at radius 2 is 1.90 bits per heavy atom. The van der Waals surface area contributed by atoms with Crippen molar-refractivity contribution in [2.24, 2.45) is 0 Å². The van der Waals surface area contributed by atoms with Crippen molar-refractivity contribution in [2.75, 3.05) is 43.1 Å². The van der Waals surface area contributed by atoms with Crippen LogP contribution in [-0.4, -0.2) is 55.6 Å². The van der Waals surface area contributed by atoms with Crippen molar-refractivity contribution in [1.29, 1.82) is 0 Å². The zero-order valence-corrected chi connectivity index (χ0v) is 13.5. The highest BCUT2D eigenvalue weighted by Gasteiger charge is 2.27. The van der Waals surface area contributed by atoms with E-state index in [4.69, 9.17) is 10.5 Å². The molecule has 20 heavy (non-hydrogen) atoms. The van der Waals surface area contributed by atoms with Gasteiger partial charge in [0.05, 0.1) is 12.4 Å². The molecule has 1 aromatic rings. The summed E-state index contributed by atoms with van der Waals surface area (Å²) >= 11 is 1.29. The quantitative estimate of drug-likeness (QED) is 0.873. The summed E-state index contributed by atoms with van der Waals surface area (Å²) < 4.78 is 34.3. The van der Waals surface area contributed by atoms with Crippen LogP contribution < -0.4 is 15.4 Å². The first-order valence-corrected chi connectivity index (χ1v) is 9.03. The molecule has 7 nitrogen and oxygen atoms in total. The van der Waals surface area contributed by atoms with Crippen LogP contribution in [0.25, 0.3) is 0 Å². The van der Waals surface area contributed by atoms with E-state index in [1.165, 1.54) is 22.1 Å². The molecule has 0 bridgehead atoms. The minimum absolute atomic E-state index is 0.0183. The molecule has 1 aromatic heterocycles. The third-order valence-electron chi connectivity index (χ3n) is 3.01. The maximum Gasteiger partial charge on any atom is 0.211 e. The summed E-state index contributed by atoms with van der Waals surface area (Å²) in [6.07, 6.45) is 1.26. The molecule has 2 heterocycles. The minimum atomic E-state index is -3.12. The van der Waals surface area contributed by atoms with Crippen LogP contribution >= 0.6 is 11.5 Å². The van der Waals surface area contributed by atoms with Crippen LogP contribution in [0.2, 0.25) is 0 Å². The number of rotatable bonds is 4. The summed E-state index contributed by atoms with van der Waals surface area (Å²) in [4.78, 5) is 2.08. The van der Waals surface area contributed by atoms with Gasteiger partial charge in [-0.1, -0.05) is 0 Å². The van der Waals surface area contributed by atoms with E-state index in [0.717, 1.165) is 5.00 Å². The molecule has 2 N–H and O–H groups in total. The van der Waals surface area contributed by atoms with Gasteiger partial charge in [0, 0.05) is 26.2 Å². The van der Waals surface area contributed by atoms with E-state index in [-0.39, 0.29) is 6.10 Å². The number of hydrogen-bond donors (Lipinski definition) is 1. The molecule has 9 heteroatoms. The molecule has 0 atom stereocenters. The van der Waals surface area contributed by atoms with E-state index in [2.05, 4.69) is 9.27 Å². The number of piperazine rings is 1. The molecule has 0 spiro atoms. The van der Waals surface area contributed by atoms with Crippen molar-refractivity contribution in [3.8, 4) is 5.75 Å². The van der Waals surface area contributed by atoms with Crippen molar-refractivity contribution in [3.05, 3.63) is 0 Å². The second-order valence-corrected chi connectivity index (χ2v) is 7.75. The highest BCUT2D eigenvalue weighted by Crippen LogP contribution is 2.39. The van der Waals surface area contributed by atoms with E-state index in [0.29, 0.717) is 37.7 Å². The van der Waals surface area contributed by atoms with Gasteiger partial charge in [-0.25, -0.2) is 8.42 Å². The lowest BCUT2D eigenvalue weighted by Gasteiger charge is -2.34. The predicted molar refractivity (Wildman–Crippen MR) is 80.9 cm³/mol. The van der Waals surface area contributed by atoms with E-state index in [1.54, 1.807) is 0 Å². The van der Waals surface area contributed by atoms with Gasteiger partial charge in [-0.05, 0) is 25.4 Å². The van der Waals surface area contributed by atoms with Gasteiger partial charge >= 0.3 is 0 Å². The number of aromatic nitrogens is 1. The van der Waals surface area contributed by atoms with E-state index < -0.39 is 10.0 Å². The van der Waals surface area contributed by atoms with Crippen LogP contribution in [0.3, 0.4) is 0 Å². The Kier molecular flexibility index (Phi) is 4.40. The number of hydrogen-bond acceptors (Lipinski definition) is 7. The van der Waals surface area contributed by atoms with Crippen LogP contribution in [-0.2, 0) is 10.0 Å². The second-order valence-electron chi connectivity index (χ2n) is 5.02. The van der Waals surface area contributed by atoms with Gasteiger partial charge in [-0.3, -0.25) is 0 Å². The molecule has 114 valence electrons. The van der Waals surface area contributed by atoms with Crippen LogP contribution in [0, 0.1) is 0 Å². The number of nitrogens with zero attached hydrogens (tertiary/aromatic N) is 3. The summed E-state index contributed by atoms with van der Waals surface area (Å²) in [6.45, 7) is 6.03. The first-order valence-electron chi connectivity index (χ1n) is 6.41. The number of nitrogen functional groups attached to an aromatic ring is 1. The maximum absolute atomic E-state index is 11.5. The first kappa shape index (κ1) is 15.3. The molecule has 1 saturated heterocycles. The third kappa shape index (κ3) is 3.33. The summed E-state index contributed by atoms with van der Waals surface area (Å²) in [6, 6.07) is 0. The fourth-order valence-corrected chi connectivity index (χ4v) is 3.68. The highest BCUT2D eigenvalue weighted by atomic mass is 32.2. The molecule has 1 fully saturated rings. The SMILES string of the molecule is CC(C)Oc1c(N)nsc1N1CCN(S(C)(=O)=O)CC1. The monoisotopic (exact) mass is 320 g/mol. The van der Waals surface area contributed by atoms with E-state index in [1.807, 2.05) is 13.8 Å². The Morgan fingerprint density at radius 3 is 2.40 bits per heavy atom. The van der Waals surface area contributed by atoms with Crippen LogP contribution in [0.4, 0.5) is 10.8 Å². The van der Waals surface area contributed by atoms with Gasteiger partial charge in [0.15, 0.2) is 16.6 Å². The molecule has 2 rings (SSSR count). The molecular formula is C11H20N4O3S2. The normalized spacial score (nSPS) is 17.7. The first-order chi connectivity index (χ1) is 9.29. The number of nitrogens with two attached hydrogens (primary N) is 1. The summed E-state index contributed by atoms with van der Waals surface area (Å²) in [5, 5.41) is 0.879. The zero-order valence-electron chi connectivity index (χ0n) is 11.9. The Balaban J connectivity index is 2.11. The topological polar surface area (TPSA) is 88.8 Å². The Labute approximate surface area is 123 Å².